The first-order valence-electron chi connectivity index (χ1n) is 5.32. The van der Waals surface area contributed by atoms with Crippen LogP contribution in [0.2, 0.25) is 0 Å². The van der Waals surface area contributed by atoms with E-state index in [-0.39, 0.29) is 5.75 Å². The summed E-state index contributed by atoms with van der Waals surface area (Å²) in [7, 11) is 0. The van der Waals surface area contributed by atoms with Crippen LogP contribution in [0.1, 0.15) is 17.0 Å². The summed E-state index contributed by atoms with van der Waals surface area (Å²) >= 11 is 0. The molecule has 0 amide bonds. The van der Waals surface area contributed by atoms with Gasteiger partial charge in [-0.15, -0.1) is 6.58 Å². The summed E-state index contributed by atoms with van der Waals surface area (Å²) in [5, 5.41) is 13.4. The Bertz CT molecular complexity index is 541. The quantitative estimate of drug-likeness (QED) is 0.815. The molecular weight excluding hydrogens is 214 g/mol. The summed E-state index contributed by atoms with van der Waals surface area (Å²) in [5.41, 5.74) is 1.59. The highest BCUT2D eigenvalue weighted by Crippen LogP contribution is 2.18. The lowest BCUT2D eigenvalue weighted by atomic mass is 10.2. The number of aromatic hydroxyl groups is 1. The van der Waals surface area contributed by atoms with E-state index in [4.69, 9.17) is 4.52 Å². The molecule has 0 aliphatic carbocycles. The zero-order valence-corrected chi connectivity index (χ0v) is 9.34. The fourth-order valence-corrected chi connectivity index (χ4v) is 1.45. The van der Waals surface area contributed by atoms with E-state index < -0.39 is 0 Å². The van der Waals surface area contributed by atoms with E-state index in [0.717, 1.165) is 11.3 Å². The largest absolute Gasteiger partial charge is 0.507 e. The molecule has 0 radical (unpaired) electrons. The molecular formula is C14H13NO2. The highest BCUT2D eigenvalue weighted by atomic mass is 16.5. The first kappa shape index (κ1) is 11.2. The molecule has 1 heterocycles. The Kier molecular flexibility index (Phi) is 3.40. The highest BCUT2D eigenvalue weighted by Gasteiger charge is 1.99. The number of benzene rings is 1. The second-order valence-corrected chi connectivity index (χ2v) is 3.61. The molecule has 0 unspecified atom stereocenters. The number of rotatable bonds is 4. The van der Waals surface area contributed by atoms with Crippen molar-refractivity contribution < 1.29 is 9.63 Å². The Balaban J connectivity index is 2.14. The Morgan fingerprint density at radius 2 is 2.12 bits per heavy atom. The van der Waals surface area contributed by atoms with Crippen molar-refractivity contribution in [2.24, 2.45) is 0 Å². The van der Waals surface area contributed by atoms with Crippen molar-refractivity contribution in [3.63, 3.8) is 0 Å². The summed E-state index contributed by atoms with van der Waals surface area (Å²) in [6, 6.07) is 8.96. The molecule has 2 aromatic rings. The first-order chi connectivity index (χ1) is 8.29. The molecule has 2 rings (SSSR count). The van der Waals surface area contributed by atoms with E-state index in [0.29, 0.717) is 12.2 Å². The maximum atomic E-state index is 9.57. The minimum atomic E-state index is 0.245. The first-order valence-corrected chi connectivity index (χ1v) is 5.32. The van der Waals surface area contributed by atoms with Crippen LogP contribution in [0, 0.1) is 0 Å². The van der Waals surface area contributed by atoms with Gasteiger partial charge in [0.15, 0.2) is 5.76 Å². The molecule has 3 heteroatoms. The van der Waals surface area contributed by atoms with Crippen LogP contribution in [0.25, 0.3) is 12.2 Å². The lowest BCUT2D eigenvalue weighted by Gasteiger charge is -1.95. The highest BCUT2D eigenvalue weighted by molar-refractivity contribution is 5.70. The summed E-state index contributed by atoms with van der Waals surface area (Å²) in [6.07, 6.45) is 6.02. The van der Waals surface area contributed by atoms with Crippen LogP contribution in [0.5, 0.6) is 5.75 Å². The topological polar surface area (TPSA) is 46.3 Å². The van der Waals surface area contributed by atoms with Gasteiger partial charge in [-0.1, -0.05) is 29.4 Å². The number of para-hydroxylation sites is 1. The average Bonchev–Trinajstić information content (AvgIpc) is 2.76. The van der Waals surface area contributed by atoms with Crippen molar-refractivity contribution >= 4 is 12.2 Å². The van der Waals surface area contributed by atoms with Gasteiger partial charge in [0, 0.05) is 18.1 Å². The molecule has 0 spiro atoms. The van der Waals surface area contributed by atoms with Gasteiger partial charge in [-0.2, -0.15) is 0 Å². The van der Waals surface area contributed by atoms with E-state index in [1.807, 2.05) is 18.2 Å². The lowest BCUT2D eigenvalue weighted by molar-refractivity contribution is 0.407. The van der Waals surface area contributed by atoms with Gasteiger partial charge in [0.2, 0.25) is 0 Å². The third-order valence-corrected chi connectivity index (χ3v) is 2.29. The molecule has 0 aliphatic heterocycles. The predicted octanol–water partition coefficient (Wildman–Crippen LogP) is 3.28. The second-order valence-electron chi connectivity index (χ2n) is 3.61. The monoisotopic (exact) mass is 227 g/mol. The van der Waals surface area contributed by atoms with Gasteiger partial charge in [0.1, 0.15) is 5.75 Å². The van der Waals surface area contributed by atoms with Crippen LogP contribution in [0.3, 0.4) is 0 Å². The smallest absolute Gasteiger partial charge is 0.159 e. The zero-order valence-electron chi connectivity index (χ0n) is 9.34. The van der Waals surface area contributed by atoms with Crippen molar-refractivity contribution in [3.05, 3.63) is 60.0 Å². The van der Waals surface area contributed by atoms with Crippen LogP contribution in [0.15, 0.2) is 47.5 Å². The Labute approximate surface area is 99.7 Å². The molecule has 0 bridgehead atoms. The number of hydrogen-bond acceptors (Lipinski definition) is 3. The number of nitrogens with zero attached hydrogens (tertiary/aromatic N) is 1. The summed E-state index contributed by atoms with van der Waals surface area (Å²) in [5.74, 6) is 0.902. The van der Waals surface area contributed by atoms with Crippen LogP contribution >= 0.6 is 0 Å². The molecule has 0 saturated carbocycles. The van der Waals surface area contributed by atoms with Gasteiger partial charge >= 0.3 is 0 Å². The van der Waals surface area contributed by atoms with Crippen molar-refractivity contribution in [1.29, 1.82) is 0 Å². The van der Waals surface area contributed by atoms with Crippen LogP contribution in [-0.2, 0) is 6.42 Å². The SMILES string of the molecule is C=CCc1cc(/C=C/c2ccccc2O)on1. The fourth-order valence-electron chi connectivity index (χ4n) is 1.45. The van der Waals surface area contributed by atoms with Crippen LogP contribution < -0.4 is 0 Å². The third kappa shape index (κ3) is 2.84. The molecule has 0 atom stereocenters. The summed E-state index contributed by atoms with van der Waals surface area (Å²) in [6.45, 7) is 3.64. The molecule has 17 heavy (non-hydrogen) atoms. The van der Waals surface area contributed by atoms with Crippen LogP contribution in [-0.4, -0.2) is 10.3 Å². The number of phenols is 1. The molecule has 1 aromatic carbocycles. The van der Waals surface area contributed by atoms with E-state index in [2.05, 4.69) is 11.7 Å². The zero-order chi connectivity index (χ0) is 12.1. The molecule has 86 valence electrons. The van der Waals surface area contributed by atoms with Gasteiger partial charge in [-0.3, -0.25) is 0 Å². The minimum absolute atomic E-state index is 0.245. The maximum absolute atomic E-state index is 9.57. The van der Waals surface area contributed by atoms with Gasteiger partial charge < -0.3 is 9.63 Å². The Morgan fingerprint density at radius 1 is 1.29 bits per heavy atom. The molecule has 1 aromatic heterocycles. The number of phenolic OH excluding ortho intramolecular Hbond substituents is 1. The van der Waals surface area contributed by atoms with Crippen LogP contribution in [0.4, 0.5) is 0 Å². The van der Waals surface area contributed by atoms with E-state index in [1.54, 1.807) is 30.4 Å². The third-order valence-electron chi connectivity index (χ3n) is 2.29. The van der Waals surface area contributed by atoms with E-state index >= 15 is 0 Å². The van der Waals surface area contributed by atoms with Crippen molar-refractivity contribution in [1.82, 2.24) is 5.16 Å². The average molecular weight is 227 g/mol. The van der Waals surface area contributed by atoms with Gasteiger partial charge in [-0.05, 0) is 18.2 Å². The maximum Gasteiger partial charge on any atom is 0.159 e. The summed E-state index contributed by atoms with van der Waals surface area (Å²) in [4.78, 5) is 0. The van der Waals surface area contributed by atoms with Gasteiger partial charge in [0.25, 0.3) is 0 Å². The molecule has 0 saturated heterocycles. The van der Waals surface area contributed by atoms with Gasteiger partial charge in [0.05, 0.1) is 5.69 Å². The van der Waals surface area contributed by atoms with Crippen molar-refractivity contribution in [2.45, 2.75) is 6.42 Å². The Morgan fingerprint density at radius 3 is 2.88 bits per heavy atom. The van der Waals surface area contributed by atoms with Gasteiger partial charge in [-0.25, -0.2) is 0 Å². The lowest BCUT2D eigenvalue weighted by Crippen LogP contribution is -1.76. The van der Waals surface area contributed by atoms with E-state index in [9.17, 15) is 5.11 Å². The Hall–Kier alpha value is -2.29. The normalized spacial score (nSPS) is 10.8. The van der Waals surface area contributed by atoms with Crippen molar-refractivity contribution in [3.8, 4) is 5.75 Å². The molecule has 3 nitrogen and oxygen atoms in total. The molecule has 0 fully saturated rings. The molecule has 0 aliphatic rings. The fraction of sp³-hybridized carbons (Fsp3) is 0.0714. The minimum Gasteiger partial charge on any atom is -0.507 e. The van der Waals surface area contributed by atoms with Crippen molar-refractivity contribution in [2.75, 3.05) is 0 Å². The molecule has 1 N–H and O–H groups in total. The number of aromatic nitrogens is 1. The second kappa shape index (κ2) is 5.16. The standard InChI is InChI=1S/C14H13NO2/c1-2-5-12-10-13(17-15-12)9-8-11-6-3-4-7-14(11)16/h2-4,6-10,16H,1,5H2/b9-8+. The predicted molar refractivity (Wildman–Crippen MR) is 67.4 cm³/mol. The van der Waals surface area contributed by atoms with E-state index in [1.165, 1.54) is 0 Å². The number of allylic oxidation sites excluding steroid dienone is 1. The number of hydrogen-bond donors (Lipinski definition) is 1. The summed E-state index contributed by atoms with van der Waals surface area (Å²) < 4.78 is 5.11.